The first kappa shape index (κ1) is 49.3. The van der Waals surface area contributed by atoms with E-state index < -0.39 is 39.7 Å². The maximum atomic E-state index is 13.2. The molecule has 1 unspecified atom stereocenters. The molecule has 1 atom stereocenters. The minimum Gasteiger partial charge on any atom is -0.382 e. The predicted molar refractivity (Wildman–Crippen MR) is 245 cm³/mol. The lowest BCUT2D eigenvalue weighted by atomic mass is 10.0. The van der Waals surface area contributed by atoms with Gasteiger partial charge in [0.2, 0.25) is 33.7 Å². The molecule has 5 heterocycles. The van der Waals surface area contributed by atoms with Crippen molar-refractivity contribution in [2.75, 3.05) is 101 Å². The summed E-state index contributed by atoms with van der Waals surface area (Å²) in [5, 5.41) is 17.3. The summed E-state index contributed by atoms with van der Waals surface area (Å²) in [6.07, 6.45) is 2.89. The normalized spacial score (nSPS) is 17.5. The summed E-state index contributed by atoms with van der Waals surface area (Å²) in [5.74, 6) is -2.09. The van der Waals surface area contributed by atoms with E-state index >= 15 is 0 Å². The van der Waals surface area contributed by atoms with Crippen molar-refractivity contribution in [1.29, 1.82) is 0 Å². The molecule has 3 aromatic rings. The lowest BCUT2D eigenvalue weighted by molar-refractivity contribution is -0.136. The van der Waals surface area contributed by atoms with Crippen molar-refractivity contribution in [2.45, 2.75) is 50.7 Å². The number of ether oxygens (including phenoxy) is 4. The van der Waals surface area contributed by atoms with Gasteiger partial charge < -0.3 is 45.5 Å². The van der Waals surface area contributed by atoms with Crippen LogP contribution in [0.5, 0.6) is 0 Å². The van der Waals surface area contributed by atoms with E-state index in [-0.39, 0.29) is 73.8 Å². The Morgan fingerprint density at radius 3 is 2.24 bits per heavy atom. The van der Waals surface area contributed by atoms with Crippen molar-refractivity contribution in [1.82, 2.24) is 35.1 Å². The summed E-state index contributed by atoms with van der Waals surface area (Å²) in [6.45, 7) is 3.72. The van der Waals surface area contributed by atoms with E-state index in [9.17, 15) is 37.2 Å². The van der Waals surface area contributed by atoms with E-state index in [0.29, 0.717) is 112 Å². The van der Waals surface area contributed by atoms with E-state index in [1.54, 1.807) is 18.3 Å². The van der Waals surface area contributed by atoms with Crippen LogP contribution in [0.4, 0.5) is 23.1 Å². The van der Waals surface area contributed by atoms with Crippen LogP contribution in [0.2, 0.25) is 0 Å². The van der Waals surface area contributed by atoms with Gasteiger partial charge in [-0.05, 0) is 59.0 Å². The van der Waals surface area contributed by atoms with Crippen molar-refractivity contribution in [2.24, 2.45) is 0 Å². The van der Waals surface area contributed by atoms with Crippen LogP contribution in [-0.4, -0.2) is 160 Å². The maximum Gasteiger partial charge on any atom is 0.264 e. The summed E-state index contributed by atoms with van der Waals surface area (Å²) in [4.78, 5) is 84.7. The highest BCUT2D eigenvalue weighted by Gasteiger charge is 2.45. The van der Waals surface area contributed by atoms with Gasteiger partial charge in [0.1, 0.15) is 11.9 Å². The number of nitrogens with zero attached hydrogens (tertiary/aromatic N) is 4. The number of imide groups is 2. The first-order valence-electron chi connectivity index (χ1n) is 22.0. The summed E-state index contributed by atoms with van der Waals surface area (Å²) in [7, 11) is -3.59. The third-order valence-corrected chi connectivity index (χ3v) is 13.7. The average Bonchev–Trinajstić information content (AvgIpc) is 3.82. The Kier molecular flexibility index (Phi) is 17.2. The fraction of sp³-hybridized carbons (Fsp3) is 0.488. The highest BCUT2D eigenvalue weighted by atomic mass is 79.9. The van der Waals surface area contributed by atoms with Crippen LogP contribution in [0.15, 0.2) is 47.1 Å². The topological polar surface area (TPSA) is 278 Å². The number of piperidine rings is 2. The third kappa shape index (κ3) is 12.9. The highest BCUT2D eigenvalue weighted by Crippen LogP contribution is 2.33. The van der Waals surface area contributed by atoms with Gasteiger partial charge in [-0.2, -0.15) is 4.98 Å². The molecule has 67 heavy (non-hydrogen) atoms. The molecule has 4 aliphatic rings. The molecule has 0 bridgehead atoms. The van der Waals surface area contributed by atoms with Crippen LogP contribution in [0, 0.1) is 0 Å². The van der Waals surface area contributed by atoms with Gasteiger partial charge in [-0.3, -0.25) is 39.0 Å². The molecular formula is C43H53BrN10O12S. The molecule has 0 aliphatic carbocycles. The number of anilines is 4. The van der Waals surface area contributed by atoms with Crippen molar-refractivity contribution in [3.63, 3.8) is 0 Å². The molecular weight excluding hydrogens is 961 g/mol. The zero-order chi connectivity index (χ0) is 47.3. The zero-order valence-electron chi connectivity index (χ0n) is 36.6. The second-order valence-corrected chi connectivity index (χ2v) is 18.8. The Balaban J connectivity index is 0.672. The van der Waals surface area contributed by atoms with Gasteiger partial charge >= 0.3 is 0 Å². The Morgan fingerprint density at radius 2 is 1.51 bits per heavy atom. The van der Waals surface area contributed by atoms with Gasteiger partial charge in [0, 0.05) is 63.5 Å². The Hall–Kier alpha value is -5.63. The number of carbonyl (C=O) groups is 6. The lowest BCUT2D eigenvalue weighted by Gasteiger charge is -2.31. The summed E-state index contributed by atoms with van der Waals surface area (Å²) in [6, 6.07) is 9.34. The molecule has 2 aromatic carbocycles. The van der Waals surface area contributed by atoms with Gasteiger partial charge in [-0.15, -0.1) is 0 Å². The van der Waals surface area contributed by atoms with Crippen LogP contribution >= 0.6 is 15.9 Å². The summed E-state index contributed by atoms with van der Waals surface area (Å²) in [5.41, 5.74) is 2.94. The molecule has 1 aromatic heterocycles. The van der Waals surface area contributed by atoms with Crippen molar-refractivity contribution >= 4 is 84.5 Å². The largest absolute Gasteiger partial charge is 0.382 e. The minimum atomic E-state index is -3.59. The van der Waals surface area contributed by atoms with E-state index in [0.717, 1.165) is 10.5 Å². The standard InChI is InChI=1S/C43H53BrN10O12S/c44-30-26-48-43(52-38(30)50-32-6-1-3-27-25-47-40(58)36(27)32)49-28-9-14-53(15-10-28)67(61,62)24-13-46-34(55)11-16-63-18-20-65-22-23-66-21-19-64-17-12-45-31-5-2-4-29-37(31)42(60)54(41(29)59)33-7-8-35(56)51-39(33)57/h1-6,26,28,33,45H,7-25H2,(H,46,55)(H,47,58)(H,51,56,57)(H2,48,49,50,52). The molecule has 2 saturated heterocycles. The average molecular weight is 1010 g/mol. The number of nitrogens with one attached hydrogen (secondary N) is 6. The van der Waals surface area contributed by atoms with Gasteiger partial charge in [-0.25, -0.2) is 17.7 Å². The van der Waals surface area contributed by atoms with Crippen LogP contribution < -0.4 is 31.9 Å². The van der Waals surface area contributed by atoms with Crippen LogP contribution in [-0.2, 0) is 49.9 Å². The molecule has 22 nitrogen and oxygen atoms in total. The number of benzene rings is 2. The zero-order valence-corrected chi connectivity index (χ0v) is 39.0. The number of halogens is 1. The Morgan fingerprint density at radius 1 is 0.821 bits per heavy atom. The molecule has 24 heteroatoms. The van der Waals surface area contributed by atoms with Crippen LogP contribution in [0.25, 0.3) is 0 Å². The summed E-state index contributed by atoms with van der Waals surface area (Å²) >= 11 is 3.47. The summed E-state index contributed by atoms with van der Waals surface area (Å²) < 4.78 is 50.2. The molecule has 0 radical (unpaired) electrons. The van der Waals surface area contributed by atoms with E-state index in [4.69, 9.17) is 18.9 Å². The first-order chi connectivity index (χ1) is 32.4. The van der Waals surface area contributed by atoms with Crippen LogP contribution in [0.1, 0.15) is 68.7 Å². The number of amides is 6. The number of rotatable bonds is 25. The van der Waals surface area contributed by atoms with Gasteiger partial charge in [-0.1, -0.05) is 18.2 Å². The highest BCUT2D eigenvalue weighted by molar-refractivity contribution is 9.10. The molecule has 6 N–H and O–H groups in total. The van der Waals surface area contributed by atoms with E-state index in [1.807, 2.05) is 18.2 Å². The smallest absolute Gasteiger partial charge is 0.264 e. The second-order valence-electron chi connectivity index (χ2n) is 15.8. The van der Waals surface area contributed by atoms with E-state index in [1.165, 1.54) is 10.4 Å². The van der Waals surface area contributed by atoms with Crippen molar-refractivity contribution < 1.29 is 56.1 Å². The Labute approximate surface area is 395 Å². The number of fused-ring (bicyclic) bond motifs is 2. The minimum absolute atomic E-state index is 0.0194. The fourth-order valence-corrected chi connectivity index (χ4v) is 9.56. The van der Waals surface area contributed by atoms with E-state index in [2.05, 4.69) is 57.8 Å². The molecule has 2 fully saturated rings. The number of carbonyl (C=O) groups excluding carboxylic acids is 6. The van der Waals surface area contributed by atoms with Crippen molar-refractivity contribution in [3.8, 4) is 0 Å². The quantitative estimate of drug-likeness (QED) is 0.0519. The first-order valence-corrected chi connectivity index (χ1v) is 24.4. The van der Waals surface area contributed by atoms with Crippen LogP contribution in [0.3, 0.4) is 0 Å². The molecule has 7 rings (SSSR count). The van der Waals surface area contributed by atoms with Gasteiger partial charge in [0.25, 0.3) is 17.7 Å². The molecule has 6 amide bonds. The maximum absolute atomic E-state index is 13.2. The molecule has 360 valence electrons. The monoisotopic (exact) mass is 1010 g/mol. The SMILES string of the molecule is O=C(CCOCCOCCOCCOCCNc1cccc2c1C(=O)N(C1CCC(=O)NC1=O)C2=O)NCCS(=O)(=O)N1CCC(Nc2ncc(Br)c(Nc3cccc4c3C(=O)NC4)n2)CC1. The Bertz CT molecular complexity index is 2440. The molecule has 4 aliphatic heterocycles. The van der Waals surface area contributed by atoms with Gasteiger partial charge in [0.15, 0.2) is 0 Å². The predicted octanol–water partition coefficient (Wildman–Crippen LogP) is 1.52. The fourth-order valence-electron chi connectivity index (χ4n) is 7.88. The third-order valence-electron chi connectivity index (χ3n) is 11.3. The second kappa shape index (κ2) is 23.4. The molecule has 0 spiro atoms. The number of aromatic nitrogens is 2. The number of sulfonamides is 1. The molecule has 0 saturated carbocycles. The van der Waals surface area contributed by atoms with Crippen molar-refractivity contribution in [3.05, 3.63) is 69.3 Å². The number of hydrogen-bond acceptors (Lipinski definition) is 17. The van der Waals surface area contributed by atoms with Gasteiger partial charge in [0.05, 0.1) is 85.5 Å². The number of hydrogen-bond donors (Lipinski definition) is 6. The lowest BCUT2D eigenvalue weighted by Crippen LogP contribution is -2.54.